The van der Waals surface area contributed by atoms with Gasteiger partial charge < -0.3 is 10.1 Å². The van der Waals surface area contributed by atoms with E-state index in [2.05, 4.69) is 19.2 Å². The number of hydrogen-bond acceptors (Lipinski definition) is 4. The van der Waals surface area contributed by atoms with Crippen molar-refractivity contribution in [3.8, 4) is 0 Å². The zero-order chi connectivity index (χ0) is 14.8. The first kappa shape index (κ1) is 15.1. The van der Waals surface area contributed by atoms with E-state index in [9.17, 15) is 10.1 Å². The average molecular weight is 299 g/mol. The summed E-state index contributed by atoms with van der Waals surface area (Å²) in [6.07, 6.45) is 2.73. The smallest absolute Gasteiger partial charge is 0.289 e. The first-order chi connectivity index (χ1) is 9.43. The van der Waals surface area contributed by atoms with Crippen molar-refractivity contribution in [3.63, 3.8) is 0 Å². The minimum Gasteiger partial charge on any atom is -0.382 e. The first-order valence-corrected chi connectivity index (χ1v) is 7.16. The van der Waals surface area contributed by atoms with Gasteiger partial charge in [0.2, 0.25) is 0 Å². The lowest BCUT2D eigenvalue weighted by Crippen LogP contribution is -2.41. The fourth-order valence-electron chi connectivity index (χ4n) is 2.48. The topological polar surface area (TPSA) is 64.4 Å². The number of nitro benzene ring substituents is 1. The summed E-state index contributed by atoms with van der Waals surface area (Å²) in [5.74, 6) is 0. The third-order valence-electron chi connectivity index (χ3n) is 3.86. The molecule has 1 aliphatic rings. The van der Waals surface area contributed by atoms with E-state index in [4.69, 9.17) is 16.3 Å². The molecule has 5 nitrogen and oxygen atoms in total. The van der Waals surface area contributed by atoms with Gasteiger partial charge >= 0.3 is 0 Å². The molecule has 1 aromatic carbocycles. The van der Waals surface area contributed by atoms with Crippen molar-refractivity contribution in [2.75, 3.05) is 11.9 Å². The van der Waals surface area contributed by atoms with Crippen molar-refractivity contribution in [3.05, 3.63) is 33.3 Å². The van der Waals surface area contributed by atoms with Crippen LogP contribution in [0.2, 0.25) is 5.02 Å². The van der Waals surface area contributed by atoms with Gasteiger partial charge in [0.15, 0.2) is 0 Å². The highest BCUT2D eigenvalue weighted by Crippen LogP contribution is 2.32. The van der Waals surface area contributed by atoms with Crippen LogP contribution >= 0.6 is 11.6 Å². The normalized spacial score (nSPS) is 26.2. The van der Waals surface area contributed by atoms with Crippen LogP contribution in [0.5, 0.6) is 0 Å². The molecule has 0 radical (unpaired) electrons. The number of nitrogens with zero attached hydrogens (tertiary/aromatic N) is 1. The Bertz CT molecular complexity index is 509. The molecular formula is C14H19ClN2O3. The Balaban J connectivity index is 2.10. The van der Waals surface area contributed by atoms with Crippen LogP contribution in [0, 0.1) is 10.1 Å². The van der Waals surface area contributed by atoms with Gasteiger partial charge in [-0.2, -0.15) is 0 Å². The number of nitro groups is 1. The van der Waals surface area contributed by atoms with E-state index in [-0.39, 0.29) is 22.4 Å². The van der Waals surface area contributed by atoms with Crippen molar-refractivity contribution in [2.24, 2.45) is 0 Å². The Morgan fingerprint density at radius 1 is 1.60 bits per heavy atom. The molecular weight excluding hydrogens is 280 g/mol. The predicted octanol–water partition coefficient (Wildman–Crippen LogP) is 4.01. The summed E-state index contributed by atoms with van der Waals surface area (Å²) >= 11 is 5.81. The van der Waals surface area contributed by atoms with Crippen LogP contribution in [0.4, 0.5) is 11.4 Å². The summed E-state index contributed by atoms with van der Waals surface area (Å²) in [6.45, 7) is 4.92. The predicted molar refractivity (Wildman–Crippen MR) is 79.4 cm³/mol. The molecule has 1 heterocycles. The number of nitrogens with one attached hydrogen (secondary N) is 1. The number of anilines is 1. The van der Waals surface area contributed by atoms with Crippen molar-refractivity contribution < 1.29 is 9.66 Å². The van der Waals surface area contributed by atoms with Crippen LogP contribution < -0.4 is 5.32 Å². The van der Waals surface area contributed by atoms with Crippen molar-refractivity contribution in [1.29, 1.82) is 0 Å². The highest BCUT2D eigenvalue weighted by molar-refractivity contribution is 6.32. The molecule has 0 amide bonds. The maximum atomic E-state index is 10.9. The fraction of sp³-hybridized carbons (Fsp3) is 0.571. The Kier molecular flexibility index (Phi) is 4.50. The maximum absolute atomic E-state index is 10.9. The molecule has 1 aliphatic heterocycles. The molecule has 2 rings (SSSR count). The molecule has 1 fully saturated rings. The molecule has 110 valence electrons. The van der Waals surface area contributed by atoms with Gasteiger partial charge in [0.05, 0.1) is 10.5 Å². The van der Waals surface area contributed by atoms with Gasteiger partial charge in [-0.25, -0.2) is 0 Å². The summed E-state index contributed by atoms with van der Waals surface area (Å²) < 4.78 is 5.79. The lowest BCUT2D eigenvalue weighted by atomic mass is 9.90. The second kappa shape index (κ2) is 5.97. The van der Waals surface area contributed by atoms with Crippen LogP contribution in [0.3, 0.4) is 0 Å². The molecule has 2 unspecified atom stereocenters. The van der Waals surface area contributed by atoms with E-state index >= 15 is 0 Å². The van der Waals surface area contributed by atoms with Gasteiger partial charge in [-0.15, -0.1) is 0 Å². The second-order valence-electron chi connectivity index (χ2n) is 5.41. The largest absolute Gasteiger partial charge is 0.382 e. The van der Waals surface area contributed by atoms with Gasteiger partial charge in [0.1, 0.15) is 5.02 Å². The van der Waals surface area contributed by atoms with E-state index in [1.165, 1.54) is 6.07 Å². The Hall–Kier alpha value is -1.33. The molecule has 20 heavy (non-hydrogen) atoms. The van der Waals surface area contributed by atoms with Crippen LogP contribution in [0.25, 0.3) is 0 Å². The quantitative estimate of drug-likeness (QED) is 0.674. The molecule has 0 saturated carbocycles. The molecule has 2 atom stereocenters. The minimum atomic E-state index is -0.465. The summed E-state index contributed by atoms with van der Waals surface area (Å²) in [5.41, 5.74) is 0.544. The second-order valence-corrected chi connectivity index (χ2v) is 5.82. The van der Waals surface area contributed by atoms with E-state index in [1.807, 2.05) is 0 Å². The zero-order valence-electron chi connectivity index (χ0n) is 11.7. The Morgan fingerprint density at radius 2 is 2.35 bits per heavy atom. The third kappa shape index (κ3) is 3.41. The number of hydrogen-bond donors (Lipinski definition) is 1. The molecule has 0 bridgehead atoms. The van der Waals surface area contributed by atoms with Gasteiger partial charge in [0.25, 0.3) is 5.69 Å². The molecule has 1 aromatic rings. The average Bonchev–Trinajstić information content (AvgIpc) is 2.41. The van der Waals surface area contributed by atoms with Gasteiger partial charge in [0, 0.05) is 24.4 Å². The summed E-state index contributed by atoms with van der Waals surface area (Å²) in [7, 11) is 0. The van der Waals surface area contributed by atoms with E-state index < -0.39 is 4.92 Å². The summed E-state index contributed by atoms with van der Waals surface area (Å²) in [4.78, 5) is 10.4. The van der Waals surface area contributed by atoms with Gasteiger partial charge in [-0.1, -0.05) is 18.5 Å². The minimum absolute atomic E-state index is 0.0676. The van der Waals surface area contributed by atoms with Crippen molar-refractivity contribution in [2.45, 2.75) is 44.8 Å². The van der Waals surface area contributed by atoms with Crippen LogP contribution in [-0.4, -0.2) is 23.2 Å². The number of ether oxygens (including phenoxy) is 1. The Morgan fingerprint density at radius 3 is 3.00 bits per heavy atom. The highest BCUT2D eigenvalue weighted by atomic mass is 35.5. The summed E-state index contributed by atoms with van der Waals surface area (Å²) in [5, 5.41) is 14.4. The SMILES string of the molecule is CCC1(C)CC(Nc2ccc(Cl)c([N+](=O)[O-])c2)CCO1. The number of halogens is 1. The van der Waals surface area contributed by atoms with E-state index in [0.29, 0.717) is 6.61 Å². The third-order valence-corrected chi connectivity index (χ3v) is 4.18. The molecule has 1 saturated heterocycles. The van der Waals surface area contributed by atoms with Crippen molar-refractivity contribution in [1.82, 2.24) is 0 Å². The lowest BCUT2D eigenvalue weighted by molar-refractivity contribution is -0.384. The molecule has 6 heteroatoms. The number of rotatable bonds is 4. The zero-order valence-corrected chi connectivity index (χ0v) is 12.4. The first-order valence-electron chi connectivity index (χ1n) is 6.78. The monoisotopic (exact) mass is 298 g/mol. The fourth-order valence-corrected chi connectivity index (χ4v) is 2.66. The van der Waals surface area contributed by atoms with Gasteiger partial charge in [-0.05, 0) is 38.3 Å². The number of benzene rings is 1. The lowest BCUT2D eigenvalue weighted by Gasteiger charge is -2.38. The standard InChI is InChI=1S/C14H19ClN2O3/c1-3-14(2)9-11(6-7-20-14)16-10-4-5-12(15)13(8-10)17(18)19/h4-5,8,11,16H,3,6-7,9H2,1-2H3. The van der Waals surface area contributed by atoms with Crippen LogP contribution in [0.15, 0.2) is 18.2 Å². The highest BCUT2D eigenvalue weighted by Gasteiger charge is 2.31. The Labute approximate surface area is 123 Å². The van der Waals surface area contributed by atoms with Crippen LogP contribution in [-0.2, 0) is 4.74 Å². The summed E-state index contributed by atoms with van der Waals surface area (Å²) in [6, 6.07) is 5.07. The van der Waals surface area contributed by atoms with Crippen LogP contribution in [0.1, 0.15) is 33.1 Å². The van der Waals surface area contributed by atoms with Gasteiger partial charge in [-0.3, -0.25) is 10.1 Å². The van der Waals surface area contributed by atoms with E-state index in [1.54, 1.807) is 12.1 Å². The molecule has 0 aliphatic carbocycles. The molecule has 1 N–H and O–H groups in total. The van der Waals surface area contributed by atoms with E-state index in [0.717, 1.165) is 24.9 Å². The molecule has 0 aromatic heterocycles. The molecule has 0 spiro atoms. The maximum Gasteiger partial charge on any atom is 0.289 e. The van der Waals surface area contributed by atoms with Crippen molar-refractivity contribution >= 4 is 23.0 Å².